The number of fused-ring (bicyclic) bond motifs is 1. The summed E-state index contributed by atoms with van der Waals surface area (Å²) in [5.41, 5.74) is 5.48. The number of thioether (sulfide) groups is 1. The van der Waals surface area contributed by atoms with Gasteiger partial charge in [0, 0.05) is 11.1 Å². The first-order valence-electron chi connectivity index (χ1n) is 8.22. The fourth-order valence-corrected chi connectivity index (χ4v) is 4.65. The van der Waals surface area contributed by atoms with E-state index in [1.54, 1.807) is 0 Å². The van der Waals surface area contributed by atoms with Crippen molar-refractivity contribution in [2.75, 3.05) is 18.1 Å². The molecule has 30 heavy (non-hydrogen) atoms. The van der Waals surface area contributed by atoms with Crippen LogP contribution in [0.15, 0.2) is 34.5 Å². The van der Waals surface area contributed by atoms with E-state index >= 15 is 0 Å². The number of carbonyl (C=O) groups is 4. The highest BCUT2D eigenvalue weighted by Crippen LogP contribution is 2.40. The minimum absolute atomic E-state index is 0.0420. The number of carboxylic acids is 2. The number of thiazole rings is 1. The van der Waals surface area contributed by atoms with E-state index < -0.39 is 41.8 Å². The lowest BCUT2D eigenvalue weighted by Crippen LogP contribution is -2.71. The monoisotopic (exact) mass is 458 g/mol. The van der Waals surface area contributed by atoms with Gasteiger partial charge in [-0.1, -0.05) is 17.8 Å². The number of aliphatic carboxylic acids is 2. The van der Waals surface area contributed by atoms with Crippen molar-refractivity contribution in [3.63, 3.8) is 0 Å². The van der Waals surface area contributed by atoms with Gasteiger partial charge in [-0.15, -0.1) is 23.1 Å². The molecular formula is C16H15N5O7S2. The van der Waals surface area contributed by atoms with Gasteiger partial charge in [-0.3, -0.25) is 14.5 Å². The van der Waals surface area contributed by atoms with Crippen LogP contribution in [0.2, 0.25) is 0 Å². The number of allylic oxidation sites excluding steroid dienone is 1. The summed E-state index contributed by atoms with van der Waals surface area (Å²) in [5, 5.41) is 25.0. The summed E-state index contributed by atoms with van der Waals surface area (Å²) in [6.07, 6.45) is 1.38. The summed E-state index contributed by atoms with van der Waals surface area (Å²) < 4.78 is 0. The van der Waals surface area contributed by atoms with E-state index in [0.717, 1.165) is 16.2 Å². The molecule has 1 fully saturated rings. The minimum atomic E-state index is -1.30. The predicted octanol–water partition coefficient (Wildman–Crippen LogP) is -0.545. The van der Waals surface area contributed by atoms with Gasteiger partial charge in [0.1, 0.15) is 22.8 Å². The first kappa shape index (κ1) is 21.3. The van der Waals surface area contributed by atoms with E-state index in [-0.39, 0.29) is 22.2 Å². The van der Waals surface area contributed by atoms with Gasteiger partial charge < -0.3 is 26.1 Å². The van der Waals surface area contributed by atoms with E-state index in [4.69, 9.17) is 10.8 Å². The van der Waals surface area contributed by atoms with E-state index in [1.807, 2.05) is 0 Å². The predicted molar refractivity (Wildman–Crippen MR) is 107 cm³/mol. The minimum Gasteiger partial charge on any atom is -0.479 e. The normalized spacial score (nSPS) is 20.9. The molecule has 0 unspecified atom stereocenters. The maximum Gasteiger partial charge on any atom is 0.352 e. The Kier molecular flexibility index (Phi) is 6.07. The number of nitrogen functional groups attached to an aromatic ring is 1. The number of nitrogens with one attached hydrogen (secondary N) is 1. The number of carbonyl (C=O) groups excluding carboxylic acids is 2. The van der Waals surface area contributed by atoms with Crippen LogP contribution in [0, 0.1) is 0 Å². The number of hydrogen-bond acceptors (Lipinski definition) is 10. The van der Waals surface area contributed by atoms with Gasteiger partial charge in [0.2, 0.25) is 6.61 Å². The molecule has 1 saturated heterocycles. The van der Waals surface area contributed by atoms with Crippen LogP contribution >= 0.6 is 23.1 Å². The SMILES string of the molecule is C=CC1=C(C(=O)O)N2C(=O)[C@@H](NC(=O)/C(=N\O[13CH2][13C](=O)O)c3cs[13c]([15NH2])[15n]3)[C@H]2SC1. The standard InChI is InChI=1S/C16H15N5O7S2/c1-2-6-4-29-14-10(13(25)21(14)11(6)15(26)27)19-12(24)9(20-28-3-8(22)23)7-5-30-16(17)18-7/h2,5,10,14H,1,3-4H2,(H2,17,18)(H,19,24)(H,22,23)(H,26,27)/b20-9-/t10-,14-/m1/s1/i3+1,8+1,16+1,17+1,18+1. The van der Waals surface area contributed by atoms with Crippen LogP contribution in [0.1, 0.15) is 5.69 Å². The summed E-state index contributed by atoms with van der Waals surface area (Å²) >= 11 is 2.30. The third kappa shape index (κ3) is 3.99. The van der Waals surface area contributed by atoms with Gasteiger partial charge in [-0.2, -0.15) is 0 Å². The molecule has 2 aliphatic rings. The van der Waals surface area contributed by atoms with Crippen molar-refractivity contribution in [3.8, 4) is 0 Å². The first-order valence-corrected chi connectivity index (χ1v) is 10.1. The third-order valence-corrected chi connectivity index (χ3v) is 6.03. The van der Waals surface area contributed by atoms with E-state index in [9.17, 15) is 24.3 Å². The highest BCUT2D eigenvalue weighted by atomic mass is 32.2. The molecule has 5 N–H and O–H groups in total. The number of aromatic nitrogens is 1. The fraction of sp³-hybridized carbons (Fsp3) is 0.250. The topological polar surface area (TPSA) is 185 Å². The first-order chi connectivity index (χ1) is 14.2. The molecule has 158 valence electrons. The third-order valence-electron chi connectivity index (χ3n) is 4.06. The molecule has 14 heteroatoms. The number of rotatable bonds is 8. The summed E-state index contributed by atoms with van der Waals surface area (Å²) in [5.74, 6) is -3.72. The van der Waals surface area contributed by atoms with Crippen LogP contribution < -0.4 is 11.1 Å². The Balaban J connectivity index is 1.79. The van der Waals surface area contributed by atoms with Crippen molar-refractivity contribution < 1.29 is 34.2 Å². The van der Waals surface area contributed by atoms with Gasteiger partial charge in [0.15, 0.2) is 10.8 Å². The summed E-state index contributed by atoms with van der Waals surface area (Å²) in [7, 11) is 0. The largest absolute Gasteiger partial charge is 0.479 e. The molecule has 0 bridgehead atoms. The molecule has 2 aliphatic heterocycles. The van der Waals surface area contributed by atoms with Gasteiger partial charge in [0.05, 0.1) is 0 Å². The Hall–Kier alpha value is -3.39. The van der Waals surface area contributed by atoms with E-state index in [1.165, 1.54) is 23.2 Å². The van der Waals surface area contributed by atoms with E-state index in [0.29, 0.717) is 11.3 Å². The zero-order valence-corrected chi connectivity index (χ0v) is 16.7. The Morgan fingerprint density at radius 3 is 2.77 bits per heavy atom. The van der Waals surface area contributed by atoms with Crippen LogP contribution in [0.4, 0.5) is 5.13 Å². The number of oxime groups is 1. The lowest BCUT2D eigenvalue weighted by molar-refractivity contribution is -0.150. The second-order valence-electron chi connectivity index (χ2n) is 5.92. The highest BCUT2D eigenvalue weighted by molar-refractivity contribution is 8.00. The quantitative estimate of drug-likeness (QED) is 0.130. The molecule has 0 aromatic carbocycles. The molecule has 0 saturated carbocycles. The van der Waals surface area contributed by atoms with Crippen molar-refractivity contribution in [2.24, 2.45) is 5.16 Å². The van der Waals surface area contributed by atoms with Crippen molar-refractivity contribution in [2.45, 2.75) is 11.4 Å². The summed E-state index contributed by atoms with van der Waals surface area (Å²) in [6, 6.07) is -1.01. The second kappa shape index (κ2) is 8.54. The van der Waals surface area contributed by atoms with Gasteiger partial charge in [-0.05, 0) is 5.57 Å². The maximum absolute atomic E-state index is 12.7. The average Bonchev–Trinajstić information content (AvgIpc) is 3.13. The zero-order chi connectivity index (χ0) is 22.0. The fourth-order valence-electron chi connectivity index (χ4n) is 2.76. The average molecular weight is 458 g/mol. The lowest BCUT2D eigenvalue weighted by atomic mass is 10.0. The summed E-state index contributed by atoms with van der Waals surface area (Å²) in [4.78, 5) is 57.1. The molecular weight excluding hydrogens is 443 g/mol. The zero-order valence-electron chi connectivity index (χ0n) is 15.1. The van der Waals surface area contributed by atoms with E-state index in [2.05, 4.69) is 26.9 Å². The van der Waals surface area contributed by atoms with Crippen LogP contribution in [0.3, 0.4) is 0 Å². The molecule has 12 nitrogen and oxygen atoms in total. The van der Waals surface area contributed by atoms with Crippen molar-refractivity contribution >= 4 is 57.7 Å². The number of nitrogens with zero attached hydrogens (tertiary/aromatic N) is 3. The molecule has 1 aromatic rings. The highest BCUT2D eigenvalue weighted by Gasteiger charge is 2.54. The van der Waals surface area contributed by atoms with Gasteiger partial charge >= 0.3 is 11.9 Å². The molecule has 3 rings (SSSR count). The van der Waals surface area contributed by atoms with Gasteiger partial charge in [-0.25, -0.2) is 14.6 Å². The Morgan fingerprint density at radius 2 is 2.20 bits per heavy atom. The van der Waals surface area contributed by atoms with Crippen LogP contribution in [0.25, 0.3) is 0 Å². The number of nitrogens with two attached hydrogens (primary N) is 1. The smallest absolute Gasteiger partial charge is 0.352 e. The van der Waals surface area contributed by atoms with Crippen molar-refractivity contribution in [3.05, 3.63) is 35.0 Å². The number of hydrogen-bond donors (Lipinski definition) is 4. The number of β-lactam (4-membered cyclic amide) rings is 1. The molecule has 2 amide bonds. The lowest BCUT2D eigenvalue weighted by Gasteiger charge is -2.49. The number of carboxylic acid groups (broad SMARTS) is 2. The Morgan fingerprint density at radius 1 is 1.47 bits per heavy atom. The molecule has 2 atom stereocenters. The number of amides is 2. The van der Waals surface area contributed by atoms with Crippen LogP contribution in [0.5, 0.6) is 0 Å². The number of anilines is 1. The molecule has 0 radical (unpaired) electrons. The van der Waals surface area contributed by atoms with Crippen molar-refractivity contribution in [1.29, 1.82) is 0 Å². The Labute approximate surface area is 177 Å². The molecule has 3 heterocycles. The van der Waals surface area contributed by atoms with Gasteiger partial charge in [0.25, 0.3) is 11.8 Å². The van der Waals surface area contributed by atoms with Crippen LogP contribution in [-0.4, -0.2) is 73.3 Å². The van der Waals surface area contributed by atoms with Crippen molar-refractivity contribution in [1.82, 2.24) is 15.2 Å². The molecule has 1 aromatic heterocycles. The maximum atomic E-state index is 12.7. The summed E-state index contributed by atoms with van der Waals surface area (Å²) in [6.45, 7) is 2.77. The van der Waals surface area contributed by atoms with Crippen LogP contribution in [-0.2, 0) is 24.0 Å². The molecule has 0 aliphatic carbocycles. The molecule has 0 spiro atoms. The second-order valence-corrected chi connectivity index (χ2v) is 7.92. The Bertz CT molecular complexity index is 1000.